The van der Waals surface area contributed by atoms with Gasteiger partial charge in [0, 0.05) is 55.8 Å². The van der Waals surface area contributed by atoms with Gasteiger partial charge < -0.3 is 14.2 Å². The zero-order valence-corrected chi connectivity index (χ0v) is 39.7. The van der Waals surface area contributed by atoms with E-state index in [4.69, 9.17) is 26.3 Å². The smallest absolute Gasteiger partial charge is 0.255 e. The number of aromatic nitrogens is 5. The van der Waals surface area contributed by atoms with Gasteiger partial charge in [-0.3, -0.25) is 4.57 Å². The van der Waals surface area contributed by atoms with Crippen molar-refractivity contribution in [2.75, 3.05) is 4.90 Å². The van der Waals surface area contributed by atoms with Crippen molar-refractivity contribution in [1.82, 2.24) is 24.1 Å². The third-order valence-electron chi connectivity index (χ3n) is 14.0. The zero-order chi connectivity index (χ0) is 47.1. The number of benzene rings is 7. The predicted octanol–water partition coefficient (Wildman–Crippen LogP) is 14.1. The number of rotatable bonds is 9. The Morgan fingerprint density at radius 1 is 0.652 bits per heavy atom. The molecule has 69 heavy (non-hydrogen) atoms. The van der Waals surface area contributed by atoms with Gasteiger partial charge in [-0.15, -0.1) is 0 Å². The van der Waals surface area contributed by atoms with E-state index in [0.717, 1.165) is 107 Å². The molecular weight excluding hydrogens is 844 g/mol. The summed E-state index contributed by atoms with van der Waals surface area (Å²) >= 11 is 0. The summed E-state index contributed by atoms with van der Waals surface area (Å²) in [5, 5.41) is 4.45. The van der Waals surface area contributed by atoms with Gasteiger partial charge in [-0.25, -0.2) is 4.98 Å². The Morgan fingerprint density at radius 3 is 1.84 bits per heavy atom. The van der Waals surface area contributed by atoms with Crippen molar-refractivity contribution in [3.63, 3.8) is 0 Å². The average molecular weight is 895 g/mol. The van der Waals surface area contributed by atoms with E-state index in [9.17, 15) is 0 Å². The largest absolute Gasteiger partial charge is 0.458 e. The number of fused-ring (bicyclic) bond motifs is 9. The first-order chi connectivity index (χ1) is 33.7. The first-order valence-corrected chi connectivity index (χ1v) is 24.0. The molecule has 0 aliphatic carbocycles. The highest BCUT2D eigenvalue weighted by atomic mass is 16.5. The topological polar surface area (TPSA) is 61.0 Å². The second-order valence-electron chi connectivity index (χ2n) is 19.1. The molecule has 12 rings (SSSR count). The van der Waals surface area contributed by atoms with Crippen molar-refractivity contribution < 1.29 is 4.74 Å². The molecule has 2 aliphatic rings. The third kappa shape index (κ3) is 6.61. The van der Waals surface area contributed by atoms with Gasteiger partial charge in [-0.2, -0.15) is 9.97 Å². The zero-order valence-electron chi connectivity index (χ0n) is 39.7. The van der Waals surface area contributed by atoms with Crippen LogP contribution < -0.4 is 20.6 Å². The molecule has 0 atom stereocenters. The van der Waals surface area contributed by atoms with Crippen LogP contribution >= 0.6 is 0 Å². The number of anilines is 1. The minimum atomic E-state index is -0.0874. The molecule has 7 nitrogen and oxygen atoms in total. The molecule has 0 saturated carbocycles. The molecule has 2 aliphatic heterocycles. The van der Waals surface area contributed by atoms with Crippen molar-refractivity contribution in [3.8, 4) is 45.9 Å². The highest BCUT2D eigenvalue weighted by Crippen LogP contribution is 2.46. The molecule has 0 radical (unpaired) electrons. The Bertz CT molecular complexity index is 3760. The van der Waals surface area contributed by atoms with E-state index in [1.807, 2.05) is 36.4 Å². The monoisotopic (exact) mass is 894 g/mol. The lowest BCUT2D eigenvalue weighted by Crippen LogP contribution is -2.54. The lowest BCUT2D eigenvalue weighted by Gasteiger charge is -2.41. The van der Waals surface area contributed by atoms with E-state index in [-0.39, 0.29) is 12.1 Å². The van der Waals surface area contributed by atoms with Gasteiger partial charge in [0.1, 0.15) is 11.5 Å². The second kappa shape index (κ2) is 16.2. The second-order valence-corrected chi connectivity index (χ2v) is 19.1. The molecule has 0 spiro atoms. The molecule has 0 unspecified atom stereocenters. The number of hydrogen-bond donors (Lipinski definition) is 0. The van der Waals surface area contributed by atoms with Crippen LogP contribution in [0.3, 0.4) is 0 Å². The minimum Gasteiger partial charge on any atom is -0.458 e. The highest BCUT2D eigenvalue weighted by Gasteiger charge is 2.43. The summed E-state index contributed by atoms with van der Waals surface area (Å²) in [4.78, 5) is 18.1. The van der Waals surface area contributed by atoms with Crippen LogP contribution in [-0.2, 0) is 5.41 Å². The molecule has 0 N–H and O–H groups in total. The molecular formula is C61H51BN6O. The molecule has 0 fully saturated rings. The van der Waals surface area contributed by atoms with Gasteiger partial charge in [0.15, 0.2) is 11.6 Å². The van der Waals surface area contributed by atoms with Crippen molar-refractivity contribution >= 4 is 66.9 Å². The normalized spacial score (nSPS) is 13.5. The maximum absolute atomic E-state index is 7.19. The lowest BCUT2D eigenvalue weighted by atomic mass is 9.33. The van der Waals surface area contributed by atoms with Crippen LogP contribution in [0.2, 0.25) is 0 Å². The summed E-state index contributed by atoms with van der Waals surface area (Å²) in [6, 6.07) is 53.5. The summed E-state index contributed by atoms with van der Waals surface area (Å²) in [6.45, 7) is 20.3. The van der Waals surface area contributed by atoms with Crippen molar-refractivity contribution in [2.24, 2.45) is 0 Å². The highest BCUT2D eigenvalue weighted by molar-refractivity contribution is 6.94. The molecule has 334 valence electrons. The Labute approximate surface area is 403 Å². The third-order valence-corrected chi connectivity index (χ3v) is 14.0. The lowest BCUT2D eigenvalue weighted by molar-refractivity contribution is 0.486. The number of allylic oxidation sites excluding steroid dienone is 5. The first-order valence-electron chi connectivity index (χ1n) is 24.0. The molecule has 7 aromatic carbocycles. The van der Waals surface area contributed by atoms with Gasteiger partial charge in [0.25, 0.3) is 6.71 Å². The Hall–Kier alpha value is -8.23. The number of para-hydroxylation sites is 2. The average Bonchev–Trinajstić information content (AvgIpc) is 3.90. The van der Waals surface area contributed by atoms with Gasteiger partial charge in [-0.1, -0.05) is 181 Å². The van der Waals surface area contributed by atoms with Gasteiger partial charge in [0.2, 0.25) is 5.95 Å². The van der Waals surface area contributed by atoms with Gasteiger partial charge >= 0.3 is 0 Å². The fourth-order valence-corrected chi connectivity index (χ4v) is 10.8. The van der Waals surface area contributed by atoms with Crippen LogP contribution in [0.1, 0.15) is 53.0 Å². The first kappa shape index (κ1) is 42.2. The SMILES string of the molecule is C=CC1=C(CC)N(C(=C)/C=C\CC)c2cc(-n3c4ccccc4c4ccc5c6ccccc6n(-c6nc(-c7ccccc7)nc(-c7ccccc7)n6)c5c43)cc3c2B1c1cc(C(C)(C)C)ccc1O3. The number of nitrogens with zero attached hydrogens (tertiary/aromatic N) is 6. The van der Waals surface area contributed by atoms with Gasteiger partial charge in [-0.05, 0) is 70.6 Å². The van der Waals surface area contributed by atoms with Crippen molar-refractivity contribution in [3.05, 3.63) is 205 Å². The van der Waals surface area contributed by atoms with Crippen LogP contribution in [0.15, 0.2) is 200 Å². The molecule has 5 heterocycles. The number of ether oxygens (including phenoxy) is 1. The molecule has 8 heteroatoms. The Kier molecular flexibility index (Phi) is 9.92. The van der Waals surface area contributed by atoms with E-state index in [1.165, 1.54) is 16.7 Å². The molecule has 0 bridgehead atoms. The minimum absolute atomic E-state index is 0.0502. The number of hydrogen-bond acceptors (Lipinski definition) is 5. The van der Waals surface area contributed by atoms with E-state index in [0.29, 0.717) is 17.6 Å². The van der Waals surface area contributed by atoms with Crippen LogP contribution in [0.25, 0.3) is 78.0 Å². The van der Waals surface area contributed by atoms with Crippen LogP contribution in [0.5, 0.6) is 11.5 Å². The summed E-state index contributed by atoms with van der Waals surface area (Å²) in [6.07, 6.45) is 8.07. The summed E-state index contributed by atoms with van der Waals surface area (Å²) in [5.74, 6) is 3.41. The fraction of sp³-hybridized carbons (Fsp3) is 0.131. The van der Waals surface area contributed by atoms with Crippen LogP contribution in [-0.4, -0.2) is 30.8 Å². The van der Waals surface area contributed by atoms with E-state index >= 15 is 0 Å². The van der Waals surface area contributed by atoms with Crippen LogP contribution in [0, 0.1) is 0 Å². The standard InChI is InChI=1S/C61H51BN6O/c1-8-11-22-38(4)66-49(10-3)47(9-2)62-48-35-41(61(5,6)7)31-34-53(48)69-54-37-42(36-52(66)55(54)62)67-50-29-20-18-27-43(50)45-32-33-46-44-28-19-21-30-51(44)68(57(46)56(45)67)60-64-58(39-23-14-12-15-24-39)63-59(65-60)40-25-16-13-17-26-40/h9,11-37H,2,4,8,10H2,1,3,5-7H3/b22-11-. The van der Waals surface area contributed by atoms with Crippen molar-refractivity contribution in [2.45, 2.75) is 52.9 Å². The summed E-state index contributed by atoms with van der Waals surface area (Å²) in [7, 11) is 0. The fourth-order valence-electron chi connectivity index (χ4n) is 10.8. The summed E-state index contributed by atoms with van der Waals surface area (Å²) in [5.41, 5.74) is 14.7. The van der Waals surface area contributed by atoms with E-state index in [2.05, 4.69) is 189 Å². The maximum atomic E-state index is 7.19. The molecule has 10 aromatic rings. The van der Waals surface area contributed by atoms with E-state index in [1.54, 1.807) is 0 Å². The Balaban J connectivity index is 1.20. The summed E-state index contributed by atoms with van der Waals surface area (Å²) < 4.78 is 11.9. The molecule has 0 saturated heterocycles. The maximum Gasteiger partial charge on any atom is 0.255 e. The van der Waals surface area contributed by atoms with Crippen LogP contribution in [0.4, 0.5) is 5.69 Å². The quantitative estimate of drug-likeness (QED) is 0.107. The van der Waals surface area contributed by atoms with E-state index < -0.39 is 0 Å². The van der Waals surface area contributed by atoms with Gasteiger partial charge in [0.05, 0.1) is 27.8 Å². The Morgan fingerprint density at radius 2 is 1.25 bits per heavy atom. The molecule has 3 aromatic heterocycles. The van der Waals surface area contributed by atoms with Crippen molar-refractivity contribution in [1.29, 1.82) is 0 Å². The predicted molar refractivity (Wildman–Crippen MR) is 288 cm³/mol. The molecule has 0 amide bonds.